The van der Waals surface area contributed by atoms with Crippen molar-refractivity contribution in [2.45, 2.75) is 70.7 Å². The molecule has 0 aliphatic heterocycles. The zero-order chi connectivity index (χ0) is 14.0. The summed E-state index contributed by atoms with van der Waals surface area (Å²) in [6.45, 7) is 7.56. The molecule has 0 radical (unpaired) electrons. The molecule has 0 fully saturated rings. The van der Waals surface area contributed by atoms with Crippen LogP contribution in [0.25, 0.3) is 0 Å². The first-order valence-electron chi connectivity index (χ1n) is 6.62. The number of allylic oxidation sites excluding steroid dienone is 3. The summed E-state index contributed by atoms with van der Waals surface area (Å²) in [4.78, 5) is 0. The molecule has 0 aromatic rings. The Labute approximate surface area is 110 Å². The topological polar surface area (TPSA) is 60.7 Å². The Kier molecular flexibility index (Phi) is 4.76. The molecule has 1 aliphatic rings. The molecule has 0 aromatic heterocycles. The highest BCUT2D eigenvalue weighted by atomic mass is 16.4. The summed E-state index contributed by atoms with van der Waals surface area (Å²) in [7, 11) is 0. The molecule has 0 saturated carbocycles. The second-order valence-electron chi connectivity index (χ2n) is 5.98. The monoisotopic (exact) mass is 254 g/mol. The van der Waals surface area contributed by atoms with Crippen molar-refractivity contribution in [2.75, 3.05) is 0 Å². The fraction of sp³-hybridized carbons (Fsp3) is 0.733. The van der Waals surface area contributed by atoms with Crippen LogP contribution in [0.4, 0.5) is 0 Å². The molecule has 18 heavy (non-hydrogen) atoms. The number of rotatable bonds is 4. The third kappa shape index (κ3) is 3.22. The van der Waals surface area contributed by atoms with Crippen LogP contribution >= 0.6 is 0 Å². The second kappa shape index (κ2) is 5.55. The van der Waals surface area contributed by atoms with E-state index in [0.717, 1.165) is 5.57 Å². The quantitative estimate of drug-likeness (QED) is 0.675. The van der Waals surface area contributed by atoms with E-state index in [2.05, 4.69) is 0 Å². The maximum Gasteiger partial charge on any atom is 0.123 e. The summed E-state index contributed by atoms with van der Waals surface area (Å²) >= 11 is 0. The van der Waals surface area contributed by atoms with E-state index in [0.29, 0.717) is 25.7 Å². The van der Waals surface area contributed by atoms with Crippen LogP contribution in [-0.2, 0) is 0 Å². The Morgan fingerprint density at radius 2 is 2.17 bits per heavy atom. The fourth-order valence-corrected chi connectivity index (χ4v) is 2.47. The molecule has 1 aliphatic carbocycles. The highest BCUT2D eigenvalue weighted by Crippen LogP contribution is 2.38. The number of aliphatic hydroxyl groups excluding tert-OH is 1. The molecule has 104 valence electrons. The first-order chi connectivity index (χ1) is 8.19. The van der Waals surface area contributed by atoms with Crippen molar-refractivity contribution < 1.29 is 15.3 Å². The van der Waals surface area contributed by atoms with Crippen LogP contribution in [0.5, 0.6) is 0 Å². The summed E-state index contributed by atoms with van der Waals surface area (Å²) in [5, 5.41) is 31.1. The lowest BCUT2D eigenvalue weighted by Gasteiger charge is -2.45. The molecule has 3 heteroatoms. The van der Waals surface area contributed by atoms with Gasteiger partial charge in [-0.15, -0.1) is 0 Å². The van der Waals surface area contributed by atoms with Crippen LogP contribution in [0.15, 0.2) is 23.3 Å². The third-order valence-electron chi connectivity index (χ3n) is 3.95. The lowest BCUT2D eigenvalue weighted by Crippen LogP contribution is -2.60. The normalized spacial score (nSPS) is 31.5. The summed E-state index contributed by atoms with van der Waals surface area (Å²) in [5.74, 6) is 0. The standard InChI is InChI=1S/C15H26O3/c1-11(2)6-5-8-14(4,17)15(18)9-7-12(3)10-13(15)16/h6,10,13,16-18H,5,7-9H2,1-4H3/t13-,14-,15-/m1/s1. The maximum absolute atomic E-state index is 10.6. The molecule has 3 atom stereocenters. The van der Waals surface area contributed by atoms with Crippen molar-refractivity contribution >= 4 is 0 Å². The van der Waals surface area contributed by atoms with Gasteiger partial charge >= 0.3 is 0 Å². The van der Waals surface area contributed by atoms with Crippen LogP contribution in [0.2, 0.25) is 0 Å². The smallest absolute Gasteiger partial charge is 0.123 e. The van der Waals surface area contributed by atoms with Gasteiger partial charge in [0.15, 0.2) is 0 Å². The van der Waals surface area contributed by atoms with E-state index in [1.165, 1.54) is 5.57 Å². The lowest BCUT2D eigenvalue weighted by molar-refractivity contribution is -0.192. The Morgan fingerprint density at radius 3 is 2.67 bits per heavy atom. The summed E-state index contributed by atoms with van der Waals surface area (Å²) in [5.41, 5.74) is -0.470. The maximum atomic E-state index is 10.6. The minimum atomic E-state index is -1.44. The van der Waals surface area contributed by atoms with Gasteiger partial charge < -0.3 is 15.3 Å². The van der Waals surface area contributed by atoms with E-state index >= 15 is 0 Å². The molecule has 0 spiro atoms. The van der Waals surface area contributed by atoms with Crippen LogP contribution in [0.3, 0.4) is 0 Å². The average Bonchev–Trinajstić information content (AvgIpc) is 2.23. The van der Waals surface area contributed by atoms with Crippen LogP contribution in [0, 0.1) is 0 Å². The Balaban J connectivity index is 2.80. The summed E-state index contributed by atoms with van der Waals surface area (Å²) in [6.07, 6.45) is 4.96. The van der Waals surface area contributed by atoms with Crippen LogP contribution in [-0.4, -0.2) is 32.6 Å². The molecule has 0 saturated heterocycles. The first-order valence-corrected chi connectivity index (χ1v) is 6.62. The van der Waals surface area contributed by atoms with Crippen molar-refractivity contribution in [2.24, 2.45) is 0 Å². The van der Waals surface area contributed by atoms with Gasteiger partial charge in [0.2, 0.25) is 0 Å². The number of aliphatic hydroxyl groups is 3. The minimum Gasteiger partial charge on any atom is -0.387 e. The summed E-state index contributed by atoms with van der Waals surface area (Å²) in [6, 6.07) is 0. The molecule has 3 N–H and O–H groups in total. The fourth-order valence-electron chi connectivity index (χ4n) is 2.47. The molecule has 1 rings (SSSR count). The molecule has 0 heterocycles. The van der Waals surface area contributed by atoms with Crippen molar-refractivity contribution in [1.29, 1.82) is 0 Å². The molecule has 3 nitrogen and oxygen atoms in total. The van der Waals surface area contributed by atoms with Crippen molar-refractivity contribution in [3.05, 3.63) is 23.3 Å². The predicted molar refractivity (Wildman–Crippen MR) is 73.2 cm³/mol. The lowest BCUT2D eigenvalue weighted by atomic mass is 9.71. The highest BCUT2D eigenvalue weighted by Gasteiger charge is 2.50. The zero-order valence-corrected chi connectivity index (χ0v) is 11.9. The predicted octanol–water partition coefficient (Wildman–Crippen LogP) is 2.32. The van der Waals surface area contributed by atoms with Crippen molar-refractivity contribution in [3.63, 3.8) is 0 Å². The van der Waals surface area contributed by atoms with E-state index in [4.69, 9.17) is 0 Å². The second-order valence-corrected chi connectivity index (χ2v) is 5.98. The van der Waals surface area contributed by atoms with Gasteiger partial charge in [0.25, 0.3) is 0 Å². The molecule has 0 bridgehead atoms. The van der Waals surface area contributed by atoms with Gasteiger partial charge in [-0.3, -0.25) is 0 Å². The van der Waals surface area contributed by atoms with E-state index in [-0.39, 0.29) is 0 Å². The molecular formula is C15H26O3. The highest BCUT2D eigenvalue weighted by molar-refractivity contribution is 5.18. The van der Waals surface area contributed by atoms with Gasteiger partial charge in [-0.25, -0.2) is 0 Å². The zero-order valence-electron chi connectivity index (χ0n) is 11.9. The minimum absolute atomic E-state index is 0.401. The number of hydrogen-bond acceptors (Lipinski definition) is 3. The SMILES string of the molecule is CC(C)=CCC[C@@](C)(O)[C@@]1(O)CCC(C)=C[C@H]1O. The van der Waals surface area contributed by atoms with E-state index < -0.39 is 17.3 Å². The van der Waals surface area contributed by atoms with E-state index in [1.807, 2.05) is 26.8 Å². The number of hydrogen-bond donors (Lipinski definition) is 3. The van der Waals surface area contributed by atoms with Gasteiger partial charge in [0.1, 0.15) is 11.7 Å². The molecule has 0 aromatic carbocycles. The van der Waals surface area contributed by atoms with Gasteiger partial charge in [0.05, 0.1) is 5.60 Å². The van der Waals surface area contributed by atoms with Gasteiger partial charge in [-0.05, 0) is 53.4 Å². The average molecular weight is 254 g/mol. The van der Waals surface area contributed by atoms with Crippen LogP contribution in [0.1, 0.15) is 53.4 Å². The van der Waals surface area contributed by atoms with E-state index in [1.54, 1.807) is 13.0 Å². The molecule has 0 amide bonds. The third-order valence-corrected chi connectivity index (χ3v) is 3.95. The molecular weight excluding hydrogens is 228 g/mol. The Hall–Kier alpha value is -0.640. The van der Waals surface area contributed by atoms with Gasteiger partial charge in [-0.2, -0.15) is 0 Å². The first kappa shape index (κ1) is 15.4. The van der Waals surface area contributed by atoms with Crippen LogP contribution < -0.4 is 0 Å². The van der Waals surface area contributed by atoms with Gasteiger partial charge in [0, 0.05) is 0 Å². The van der Waals surface area contributed by atoms with Gasteiger partial charge in [-0.1, -0.05) is 23.3 Å². The summed E-state index contributed by atoms with van der Waals surface area (Å²) < 4.78 is 0. The van der Waals surface area contributed by atoms with Crippen molar-refractivity contribution in [1.82, 2.24) is 0 Å². The Morgan fingerprint density at radius 1 is 1.56 bits per heavy atom. The largest absolute Gasteiger partial charge is 0.387 e. The van der Waals surface area contributed by atoms with E-state index in [9.17, 15) is 15.3 Å². The molecule has 0 unspecified atom stereocenters. The Bertz CT molecular complexity index is 351. The van der Waals surface area contributed by atoms with Crippen molar-refractivity contribution in [3.8, 4) is 0 Å².